The summed E-state index contributed by atoms with van der Waals surface area (Å²) in [4.78, 5) is 8.56. The average molecular weight is 311 g/mol. The third kappa shape index (κ3) is 3.10. The van der Waals surface area contributed by atoms with Crippen molar-refractivity contribution in [3.8, 4) is 0 Å². The molecule has 0 spiro atoms. The van der Waals surface area contributed by atoms with E-state index in [4.69, 9.17) is 5.73 Å². The lowest BCUT2D eigenvalue weighted by Crippen LogP contribution is -1.98. The van der Waals surface area contributed by atoms with Crippen molar-refractivity contribution < 1.29 is 0 Å². The molecule has 1 aromatic carbocycles. The minimum Gasteiger partial charge on any atom is -0.399 e. The van der Waals surface area contributed by atoms with E-state index >= 15 is 0 Å². The molecule has 0 amide bonds. The van der Waals surface area contributed by atoms with Crippen LogP contribution in [0.4, 0.5) is 17.3 Å². The highest BCUT2D eigenvalue weighted by atomic mass is 79.9. The Morgan fingerprint density at radius 2 is 2.24 bits per heavy atom. The smallest absolute Gasteiger partial charge is 0.228 e. The standard InChI is InChI=1S/C11H11BrN4S/c1-17-10-9(12)6-14-11(16-10)15-8-4-2-3-7(13)5-8/h2-6H,13H2,1H3,(H,14,15,16). The second-order valence-electron chi connectivity index (χ2n) is 3.30. The van der Waals surface area contributed by atoms with Gasteiger partial charge in [-0.3, -0.25) is 0 Å². The van der Waals surface area contributed by atoms with Crippen LogP contribution in [0.1, 0.15) is 0 Å². The summed E-state index contributed by atoms with van der Waals surface area (Å²) in [6, 6.07) is 7.47. The van der Waals surface area contributed by atoms with Crippen molar-refractivity contribution in [2.24, 2.45) is 0 Å². The Morgan fingerprint density at radius 1 is 1.41 bits per heavy atom. The van der Waals surface area contributed by atoms with E-state index in [1.54, 1.807) is 18.0 Å². The summed E-state index contributed by atoms with van der Waals surface area (Å²) >= 11 is 4.95. The van der Waals surface area contributed by atoms with Gasteiger partial charge in [-0.2, -0.15) is 0 Å². The summed E-state index contributed by atoms with van der Waals surface area (Å²) in [5, 5.41) is 4.01. The maximum Gasteiger partial charge on any atom is 0.228 e. The van der Waals surface area contributed by atoms with Crippen LogP contribution in [0.5, 0.6) is 0 Å². The number of halogens is 1. The quantitative estimate of drug-likeness (QED) is 0.517. The number of benzene rings is 1. The van der Waals surface area contributed by atoms with Crippen LogP contribution in [0.15, 0.2) is 40.0 Å². The maximum absolute atomic E-state index is 5.70. The van der Waals surface area contributed by atoms with E-state index in [1.807, 2.05) is 30.5 Å². The maximum atomic E-state index is 5.70. The van der Waals surface area contributed by atoms with Gasteiger partial charge in [0.05, 0.1) is 4.47 Å². The van der Waals surface area contributed by atoms with Crippen LogP contribution >= 0.6 is 27.7 Å². The zero-order chi connectivity index (χ0) is 12.3. The van der Waals surface area contributed by atoms with Gasteiger partial charge in [-0.05, 0) is 40.4 Å². The second kappa shape index (κ2) is 5.37. The Balaban J connectivity index is 2.24. The first-order valence-electron chi connectivity index (χ1n) is 4.88. The molecule has 0 fully saturated rings. The molecule has 6 heteroatoms. The number of nitrogen functional groups attached to an aromatic ring is 1. The molecule has 0 bridgehead atoms. The van der Waals surface area contributed by atoms with Gasteiger partial charge in [-0.25, -0.2) is 9.97 Å². The summed E-state index contributed by atoms with van der Waals surface area (Å²) in [6.07, 6.45) is 3.70. The van der Waals surface area contributed by atoms with E-state index < -0.39 is 0 Å². The zero-order valence-electron chi connectivity index (χ0n) is 9.14. The second-order valence-corrected chi connectivity index (χ2v) is 4.95. The number of nitrogens with zero attached hydrogens (tertiary/aromatic N) is 2. The van der Waals surface area contributed by atoms with Gasteiger partial charge in [0.25, 0.3) is 0 Å². The van der Waals surface area contributed by atoms with Crippen LogP contribution in [0.3, 0.4) is 0 Å². The first-order chi connectivity index (χ1) is 8.19. The van der Waals surface area contributed by atoms with Gasteiger partial charge >= 0.3 is 0 Å². The predicted octanol–water partition coefficient (Wildman–Crippen LogP) is 3.29. The molecule has 88 valence electrons. The van der Waals surface area contributed by atoms with Crippen molar-refractivity contribution in [2.45, 2.75) is 5.03 Å². The van der Waals surface area contributed by atoms with E-state index in [0.717, 1.165) is 15.2 Å². The van der Waals surface area contributed by atoms with Crippen LogP contribution < -0.4 is 11.1 Å². The molecular weight excluding hydrogens is 300 g/mol. The van der Waals surface area contributed by atoms with Gasteiger partial charge in [-0.1, -0.05) is 6.07 Å². The highest BCUT2D eigenvalue weighted by Gasteiger charge is 2.04. The van der Waals surface area contributed by atoms with Crippen molar-refractivity contribution >= 4 is 45.0 Å². The third-order valence-electron chi connectivity index (χ3n) is 2.05. The number of anilines is 3. The minimum absolute atomic E-state index is 0.558. The molecule has 0 saturated carbocycles. The number of nitrogens with one attached hydrogen (secondary N) is 1. The normalized spacial score (nSPS) is 10.2. The summed E-state index contributed by atoms with van der Waals surface area (Å²) in [6.45, 7) is 0. The molecule has 0 radical (unpaired) electrons. The fraction of sp³-hybridized carbons (Fsp3) is 0.0909. The van der Waals surface area contributed by atoms with Crippen molar-refractivity contribution in [1.82, 2.24) is 9.97 Å². The summed E-state index contributed by atoms with van der Waals surface area (Å²) in [5.74, 6) is 0.558. The van der Waals surface area contributed by atoms with E-state index in [2.05, 4.69) is 31.2 Å². The van der Waals surface area contributed by atoms with Crippen molar-refractivity contribution in [3.63, 3.8) is 0 Å². The molecular formula is C11H11BrN4S. The fourth-order valence-electron chi connectivity index (χ4n) is 1.30. The topological polar surface area (TPSA) is 63.8 Å². The largest absolute Gasteiger partial charge is 0.399 e. The van der Waals surface area contributed by atoms with E-state index in [0.29, 0.717) is 11.6 Å². The van der Waals surface area contributed by atoms with E-state index in [9.17, 15) is 0 Å². The SMILES string of the molecule is CSc1nc(Nc2cccc(N)c2)ncc1Br. The number of rotatable bonds is 3. The Kier molecular flexibility index (Phi) is 3.86. The van der Waals surface area contributed by atoms with Crippen molar-refractivity contribution in [2.75, 3.05) is 17.3 Å². The molecule has 1 heterocycles. The first kappa shape index (κ1) is 12.2. The lowest BCUT2D eigenvalue weighted by molar-refractivity contribution is 1.04. The number of nitrogens with two attached hydrogens (primary N) is 1. The Hall–Kier alpha value is -1.27. The summed E-state index contributed by atoms with van der Waals surface area (Å²) < 4.78 is 0.892. The molecule has 0 aliphatic rings. The molecule has 3 N–H and O–H groups in total. The Morgan fingerprint density at radius 3 is 2.94 bits per heavy atom. The highest BCUT2D eigenvalue weighted by Crippen LogP contribution is 2.24. The van der Waals surface area contributed by atoms with Gasteiger partial charge in [0.1, 0.15) is 5.03 Å². The van der Waals surface area contributed by atoms with Gasteiger partial charge in [0.2, 0.25) is 5.95 Å². The molecule has 0 atom stereocenters. The minimum atomic E-state index is 0.558. The van der Waals surface area contributed by atoms with E-state index in [-0.39, 0.29) is 0 Å². The monoisotopic (exact) mass is 310 g/mol. The highest BCUT2D eigenvalue weighted by molar-refractivity contribution is 9.10. The molecule has 2 aromatic rings. The summed E-state index contributed by atoms with van der Waals surface area (Å²) in [5.41, 5.74) is 7.28. The van der Waals surface area contributed by atoms with Crippen molar-refractivity contribution in [1.29, 1.82) is 0 Å². The van der Waals surface area contributed by atoms with Gasteiger partial charge < -0.3 is 11.1 Å². The molecule has 0 unspecified atom stereocenters. The van der Waals surface area contributed by atoms with Crippen LogP contribution in [0.25, 0.3) is 0 Å². The molecule has 1 aromatic heterocycles. The van der Waals surface area contributed by atoms with Crippen molar-refractivity contribution in [3.05, 3.63) is 34.9 Å². The third-order valence-corrected chi connectivity index (χ3v) is 3.59. The molecule has 0 aliphatic heterocycles. The first-order valence-corrected chi connectivity index (χ1v) is 6.90. The molecule has 2 rings (SSSR count). The van der Waals surface area contributed by atoms with Gasteiger partial charge in [0.15, 0.2) is 0 Å². The molecule has 4 nitrogen and oxygen atoms in total. The zero-order valence-corrected chi connectivity index (χ0v) is 11.5. The average Bonchev–Trinajstić information content (AvgIpc) is 2.32. The van der Waals surface area contributed by atoms with E-state index in [1.165, 1.54) is 0 Å². The predicted molar refractivity (Wildman–Crippen MR) is 75.7 cm³/mol. The van der Waals surface area contributed by atoms with Crippen LogP contribution in [0, 0.1) is 0 Å². The number of hydrogen-bond donors (Lipinski definition) is 2. The number of hydrogen-bond acceptors (Lipinski definition) is 5. The summed E-state index contributed by atoms with van der Waals surface area (Å²) in [7, 11) is 0. The molecule has 0 saturated heterocycles. The fourth-order valence-corrected chi connectivity index (χ4v) is 2.40. The lowest BCUT2D eigenvalue weighted by atomic mass is 10.3. The molecule has 0 aliphatic carbocycles. The van der Waals surface area contributed by atoms with Crippen LogP contribution in [-0.2, 0) is 0 Å². The number of thioether (sulfide) groups is 1. The van der Waals surface area contributed by atoms with Crippen LogP contribution in [0.2, 0.25) is 0 Å². The molecule has 17 heavy (non-hydrogen) atoms. The Bertz CT molecular complexity index is 533. The lowest BCUT2D eigenvalue weighted by Gasteiger charge is -2.07. The Labute approximate surface area is 112 Å². The van der Waals surface area contributed by atoms with Gasteiger partial charge in [-0.15, -0.1) is 11.8 Å². The van der Waals surface area contributed by atoms with Crippen LogP contribution in [-0.4, -0.2) is 16.2 Å². The number of aromatic nitrogens is 2. The van der Waals surface area contributed by atoms with Gasteiger partial charge in [0, 0.05) is 17.6 Å².